The molecule has 0 aromatic carbocycles. The Morgan fingerprint density at radius 1 is 1.48 bits per heavy atom. The Kier molecular flexibility index (Phi) is 5.02. The van der Waals surface area contributed by atoms with Crippen LogP contribution >= 0.6 is 0 Å². The Morgan fingerprint density at radius 3 is 3.03 bits per heavy atom. The van der Waals surface area contributed by atoms with Crippen molar-refractivity contribution in [2.45, 2.75) is 32.4 Å². The minimum Gasteiger partial charge on any atom is -0.376 e. The van der Waals surface area contributed by atoms with Crippen molar-refractivity contribution >= 4 is 22.6 Å². The van der Waals surface area contributed by atoms with Crippen LogP contribution in [0.15, 0.2) is 41.8 Å². The summed E-state index contributed by atoms with van der Waals surface area (Å²) in [5.41, 5.74) is 1.68. The monoisotopic (exact) mass is 393 g/mol. The molecule has 4 heterocycles. The Hall–Kier alpha value is -3.26. The first kappa shape index (κ1) is 19.1. The van der Waals surface area contributed by atoms with Gasteiger partial charge in [0, 0.05) is 19.3 Å². The quantitative estimate of drug-likeness (QED) is 0.507. The molecule has 2 N–H and O–H groups in total. The molecule has 150 valence electrons. The number of nitrogens with zero attached hydrogens (tertiary/aromatic N) is 3. The largest absolute Gasteiger partial charge is 0.376 e. The van der Waals surface area contributed by atoms with Crippen molar-refractivity contribution in [1.29, 1.82) is 5.41 Å². The third-order valence-corrected chi connectivity index (χ3v) is 5.12. The van der Waals surface area contributed by atoms with E-state index in [1.54, 1.807) is 22.9 Å². The summed E-state index contributed by atoms with van der Waals surface area (Å²) in [5.74, 6) is -0.424. The highest BCUT2D eigenvalue weighted by Gasteiger charge is 2.22. The van der Waals surface area contributed by atoms with Gasteiger partial charge in [-0.2, -0.15) is 0 Å². The molecule has 1 amide bonds. The van der Waals surface area contributed by atoms with Crippen molar-refractivity contribution in [3.05, 3.63) is 64.0 Å². The standard InChI is InChI=1S/C21H23N5O3/c1-3-8-23-20(27)15-10-16-19(26(18(15)22)12-14-5-4-9-29-14)24-17-7-6-13(2)11-25(17)21(16)28/h3,6-7,10-11,14,22H,1,4-5,8-9,12H2,2H3,(H,23,27)/t14-/m1/s1. The van der Waals surface area contributed by atoms with Gasteiger partial charge in [-0.1, -0.05) is 12.1 Å². The van der Waals surface area contributed by atoms with E-state index < -0.39 is 5.91 Å². The number of carbonyl (C=O) groups is 1. The summed E-state index contributed by atoms with van der Waals surface area (Å²) in [6.07, 6.45) is 5.04. The van der Waals surface area contributed by atoms with Crippen LogP contribution in [-0.4, -0.2) is 39.1 Å². The number of pyridine rings is 2. The van der Waals surface area contributed by atoms with Crippen LogP contribution in [0.2, 0.25) is 0 Å². The zero-order valence-corrected chi connectivity index (χ0v) is 16.3. The van der Waals surface area contributed by atoms with Gasteiger partial charge in [-0.15, -0.1) is 6.58 Å². The van der Waals surface area contributed by atoms with E-state index in [1.165, 1.54) is 10.5 Å². The lowest BCUT2D eigenvalue weighted by molar-refractivity contribution is 0.0935. The van der Waals surface area contributed by atoms with Crippen LogP contribution in [0.25, 0.3) is 16.7 Å². The Bertz CT molecular complexity index is 1240. The molecule has 1 saturated heterocycles. The maximum atomic E-state index is 13.2. The molecule has 4 rings (SSSR count). The molecular weight excluding hydrogens is 370 g/mol. The lowest BCUT2D eigenvalue weighted by atomic mass is 10.1. The van der Waals surface area contributed by atoms with Gasteiger partial charge in [0.1, 0.15) is 16.8 Å². The number of rotatable bonds is 5. The number of aromatic nitrogens is 3. The van der Waals surface area contributed by atoms with Gasteiger partial charge in [-0.3, -0.25) is 19.4 Å². The van der Waals surface area contributed by atoms with Gasteiger partial charge in [-0.05, 0) is 37.5 Å². The second-order valence-electron chi connectivity index (χ2n) is 7.24. The van der Waals surface area contributed by atoms with Crippen LogP contribution in [0.5, 0.6) is 0 Å². The highest BCUT2D eigenvalue weighted by atomic mass is 16.5. The minimum atomic E-state index is -0.424. The summed E-state index contributed by atoms with van der Waals surface area (Å²) >= 11 is 0. The number of aryl methyl sites for hydroxylation is 1. The maximum absolute atomic E-state index is 13.2. The predicted octanol–water partition coefficient (Wildman–Crippen LogP) is 1.53. The van der Waals surface area contributed by atoms with E-state index in [0.29, 0.717) is 29.8 Å². The second-order valence-corrected chi connectivity index (χ2v) is 7.24. The van der Waals surface area contributed by atoms with E-state index in [0.717, 1.165) is 18.4 Å². The highest BCUT2D eigenvalue weighted by Crippen LogP contribution is 2.17. The van der Waals surface area contributed by atoms with E-state index in [1.807, 2.05) is 13.0 Å². The molecule has 0 aliphatic carbocycles. The SMILES string of the molecule is C=CCNC(=O)c1cc2c(=O)n3cc(C)ccc3nc2n(C[C@H]2CCCO2)c1=N. The van der Waals surface area contributed by atoms with Gasteiger partial charge in [0.05, 0.1) is 23.6 Å². The van der Waals surface area contributed by atoms with Gasteiger partial charge >= 0.3 is 0 Å². The summed E-state index contributed by atoms with van der Waals surface area (Å²) in [7, 11) is 0. The van der Waals surface area contributed by atoms with Crippen LogP contribution in [-0.2, 0) is 11.3 Å². The van der Waals surface area contributed by atoms with Crippen LogP contribution in [0.1, 0.15) is 28.8 Å². The summed E-state index contributed by atoms with van der Waals surface area (Å²) in [4.78, 5) is 30.5. The number of hydrogen-bond donors (Lipinski definition) is 2. The normalized spacial score (nSPS) is 16.4. The second kappa shape index (κ2) is 7.63. The zero-order chi connectivity index (χ0) is 20.5. The molecule has 0 unspecified atom stereocenters. The molecule has 1 aliphatic rings. The van der Waals surface area contributed by atoms with Gasteiger partial charge < -0.3 is 14.6 Å². The molecule has 1 fully saturated rings. The van der Waals surface area contributed by atoms with Crippen molar-refractivity contribution in [1.82, 2.24) is 19.3 Å². The summed E-state index contributed by atoms with van der Waals surface area (Å²) < 4.78 is 8.83. The number of nitrogens with one attached hydrogen (secondary N) is 2. The maximum Gasteiger partial charge on any atom is 0.267 e. The zero-order valence-electron chi connectivity index (χ0n) is 16.3. The van der Waals surface area contributed by atoms with Crippen molar-refractivity contribution < 1.29 is 9.53 Å². The van der Waals surface area contributed by atoms with Crippen LogP contribution < -0.4 is 16.4 Å². The lowest BCUT2D eigenvalue weighted by Crippen LogP contribution is -2.36. The lowest BCUT2D eigenvalue weighted by Gasteiger charge is -2.17. The van der Waals surface area contributed by atoms with Crippen LogP contribution in [0.3, 0.4) is 0 Å². The number of fused-ring (bicyclic) bond motifs is 2. The van der Waals surface area contributed by atoms with Crippen molar-refractivity contribution in [3.63, 3.8) is 0 Å². The molecule has 29 heavy (non-hydrogen) atoms. The number of ether oxygens (including phenoxy) is 1. The van der Waals surface area contributed by atoms with Crippen molar-refractivity contribution in [2.24, 2.45) is 0 Å². The minimum absolute atomic E-state index is 0.0120. The van der Waals surface area contributed by atoms with Gasteiger partial charge in [0.2, 0.25) is 0 Å². The molecular formula is C21H23N5O3. The van der Waals surface area contributed by atoms with E-state index in [4.69, 9.17) is 10.1 Å². The number of amides is 1. The van der Waals surface area contributed by atoms with E-state index >= 15 is 0 Å². The molecule has 0 bridgehead atoms. The Labute approximate surface area is 167 Å². The third kappa shape index (κ3) is 3.47. The molecule has 0 radical (unpaired) electrons. The van der Waals surface area contributed by atoms with E-state index in [9.17, 15) is 9.59 Å². The van der Waals surface area contributed by atoms with Crippen molar-refractivity contribution in [2.75, 3.05) is 13.2 Å². The predicted molar refractivity (Wildman–Crippen MR) is 109 cm³/mol. The van der Waals surface area contributed by atoms with Crippen LogP contribution in [0.4, 0.5) is 0 Å². The Morgan fingerprint density at radius 2 is 2.31 bits per heavy atom. The summed E-state index contributed by atoms with van der Waals surface area (Å²) in [6.45, 7) is 6.81. The van der Waals surface area contributed by atoms with Gasteiger partial charge in [0.15, 0.2) is 0 Å². The molecule has 3 aromatic rings. The Balaban J connectivity index is 2.00. The third-order valence-electron chi connectivity index (χ3n) is 5.12. The van der Waals surface area contributed by atoms with Gasteiger partial charge in [0.25, 0.3) is 11.5 Å². The molecule has 8 heteroatoms. The molecule has 8 nitrogen and oxygen atoms in total. The highest BCUT2D eigenvalue weighted by molar-refractivity contribution is 5.96. The first-order valence-corrected chi connectivity index (χ1v) is 9.61. The average molecular weight is 393 g/mol. The molecule has 0 spiro atoms. The van der Waals surface area contributed by atoms with Crippen LogP contribution in [0, 0.1) is 12.3 Å². The number of hydrogen-bond acceptors (Lipinski definition) is 5. The molecule has 1 aliphatic heterocycles. The summed E-state index contributed by atoms with van der Waals surface area (Å²) in [6, 6.07) is 5.13. The fraction of sp³-hybridized carbons (Fsp3) is 0.333. The van der Waals surface area contributed by atoms with E-state index in [2.05, 4.69) is 16.9 Å². The summed E-state index contributed by atoms with van der Waals surface area (Å²) in [5, 5.41) is 11.6. The topological polar surface area (TPSA) is 101 Å². The number of carbonyl (C=O) groups excluding carboxylic acids is 1. The molecule has 3 aromatic heterocycles. The molecule has 1 atom stereocenters. The first-order chi connectivity index (χ1) is 14.0. The van der Waals surface area contributed by atoms with E-state index in [-0.39, 0.29) is 29.3 Å². The smallest absolute Gasteiger partial charge is 0.267 e. The van der Waals surface area contributed by atoms with Gasteiger partial charge in [-0.25, -0.2) is 4.98 Å². The average Bonchev–Trinajstić information content (AvgIpc) is 3.22. The fourth-order valence-electron chi connectivity index (χ4n) is 3.65. The molecule has 0 saturated carbocycles. The van der Waals surface area contributed by atoms with Crippen molar-refractivity contribution in [3.8, 4) is 0 Å². The first-order valence-electron chi connectivity index (χ1n) is 9.61. The fourth-order valence-corrected chi connectivity index (χ4v) is 3.65.